The molecular formula is C14H15FN2. The van der Waals surface area contributed by atoms with Crippen molar-refractivity contribution in [2.75, 3.05) is 0 Å². The van der Waals surface area contributed by atoms with Gasteiger partial charge in [0.15, 0.2) is 0 Å². The molecule has 0 saturated heterocycles. The van der Waals surface area contributed by atoms with Gasteiger partial charge in [-0.1, -0.05) is 0 Å². The zero-order chi connectivity index (χ0) is 11.8. The second kappa shape index (κ2) is 3.99. The first-order valence-electron chi connectivity index (χ1n) is 6.07. The van der Waals surface area contributed by atoms with Crippen molar-refractivity contribution in [3.63, 3.8) is 0 Å². The van der Waals surface area contributed by atoms with E-state index < -0.39 is 0 Å². The van der Waals surface area contributed by atoms with E-state index in [9.17, 15) is 4.39 Å². The Balaban J connectivity index is 2.13. The highest BCUT2D eigenvalue weighted by Gasteiger charge is 2.18. The average molecular weight is 230 g/mol. The fourth-order valence-electron chi connectivity index (χ4n) is 2.59. The van der Waals surface area contributed by atoms with Gasteiger partial charge in [-0.3, -0.25) is 0 Å². The first-order valence-corrected chi connectivity index (χ1v) is 6.07. The van der Waals surface area contributed by atoms with Gasteiger partial charge >= 0.3 is 0 Å². The molecule has 0 bridgehead atoms. The summed E-state index contributed by atoms with van der Waals surface area (Å²) in [5.74, 6) is 0.984. The van der Waals surface area contributed by atoms with Crippen LogP contribution in [0.25, 0.3) is 11.3 Å². The topological polar surface area (TPSA) is 17.8 Å². The van der Waals surface area contributed by atoms with Gasteiger partial charge in [0.05, 0.1) is 11.4 Å². The van der Waals surface area contributed by atoms with Crippen LogP contribution in [0.15, 0.2) is 24.3 Å². The van der Waals surface area contributed by atoms with Crippen molar-refractivity contribution < 1.29 is 4.39 Å². The van der Waals surface area contributed by atoms with Gasteiger partial charge in [-0.25, -0.2) is 9.37 Å². The molecule has 2 nitrogen and oxygen atoms in total. The third kappa shape index (κ3) is 1.75. The predicted octanol–water partition coefficient (Wildman–Crippen LogP) is 3.33. The number of rotatable bonds is 1. The molecule has 1 aromatic carbocycles. The number of imidazole rings is 1. The standard InChI is InChI=1S/C14H15FN2/c1-10-14(11-5-7-12(15)8-6-11)17-9-3-2-4-13(17)16-10/h5-8H,2-4,9H2,1H3. The number of benzene rings is 1. The Morgan fingerprint density at radius 3 is 2.71 bits per heavy atom. The molecule has 3 heteroatoms. The van der Waals surface area contributed by atoms with Crippen molar-refractivity contribution in [3.8, 4) is 11.3 Å². The summed E-state index contributed by atoms with van der Waals surface area (Å²) in [5, 5.41) is 0. The lowest BCUT2D eigenvalue weighted by Crippen LogP contribution is -2.11. The van der Waals surface area contributed by atoms with Crippen molar-refractivity contribution in [1.82, 2.24) is 9.55 Å². The minimum atomic E-state index is -0.190. The van der Waals surface area contributed by atoms with Crippen molar-refractivity contribution in [2.24, 2.45) is 0 Å². The van der Waals surface area contributed by atoms with Crippen LogP contribution in [0.4, 0.5) is 4.39 Å². The molecule has 0 fully saturated rings. The zero-order valence-corrected chi connectivity index (χ0v) is 9.91. The lowest BCUT2D eigenvalue weighted by Gasteiger charge is -2.16. The zero-order valence-electron chi connectivity index (χ0n) is 9.91. The quantitative estimate of drug-likeness (QED) is 0.734. The highest BCUT2D eigenvalue weighted by Crippen LogP contribution is 2.28. The largest absolute Gasteiger partial charge is 0.328 e. The molecule has 3 rings (SSSR count). The van der Waals surface area contributed by atoms with E-state index in [-0.39, 0.29) is 5.82 Å². The van der Waals surface area contributed by atoms with Crippen LogP contribution in [0.1, 0.15) is 24.4 Å². The summed E-state index contributed by atoms with van der Waals surface area (Å²) >= 11 is 0. The van der Waals surface area contributed by atoms with E-state index in [1.165, 1.54) is 30.8 Å². The molecular weight excluding hydrogens is 215 g/mol. The number of halogens is 1. The van der Waals surface area contributed by atoms with Crippen LogP contribution in [-0.2, 0) is 13.0 Å². The Kier molecular flexibility index (Phi) is 2.46. The number of fused-ring (bicyclic) bond motifs is 1. The van der Waals surface area contributed by atoms with Crippen molar-refractivity contribution in [1.29, 1.82) is 0 Å². The molecule has 0 spiro atoms. The van der Waals surface area contributed by atoms with E-state index in [0.717, 1.165) is 29.9 Å². The number of hydrogen-bond donors (Lipinski definition) is 0. The number of aromatic nitrogens is 2. The molecule has 0 aliphatic carbocycles. The molecule has 0 saturated carbocycles. The third-order valence-corrected chi connectivity index (χ3v) is 3.37. The molecule has 2 aromatic rings. The Labute approximate surface area is 100 Å². The SMILES string of the molecule is Cc1nc2n(c1-c1ccc(F)cc1)CCCC2. The lowest BCUT2D eigenvalue weighted by atomic mass is 10.1. The Hall–Kier alpha value is -1.64. The Bertz CT molecular complexity index is 540. The fourth-order valence-corrected chi connectivity index (χ4v) is 2.59. The van der Waals surface area contributed by atoms with Crippen LogP contribution in [0.5, 0.6) is 0 Å². The maximum atomic E-state index is 12.9. The molecule has 1 aliphatic rings. The molecule has 1 aliphatic heterocycles. The Morgan fingerprint density at radius 1 is 1.18 bits per heavy atom. The fraction of sp³-hybridized carbons (Fsp3) is 0.357. The van der Waals surface area contributed by atoms with E-state index in [1.54, 1.807) is 0 Å². The Morgan fingerprint density at radius 2 is 1.94 bits per heavy atom. The maximum absolute atomic E-state index is 12.9. The van der Waals surface area contributed by atoms with E-state index in [2.05, 4.69) is 9.55 Å². The highest BCUT2D eigenvalue weighted by molar-refractivity contribution is 5.63. The molecule has 88 valence electrons. The summed E-state index contributed by atoms with van der Waals surface area (Å²) < 4.78 is 15.2. The van der Waals surface area contributed by atoms with Crippen LogP contribution in [0.2, 0.25) is 0 Å². The van der Waals surface area contributed by atoms with Gasteiger partial charge in [-0.2, -0.15) is 0 Å². The summed E-state index contributed by atoms with van der Waals surface area (Å²) in [4.78, 5) is 4.62. The van der Waals surface area contributed by atoms with E-state index in [4.69, 9.17) is 0 Å². The minimum Gasteiger partial charge on any atom is -0.328 e. The molecule has 0 unspecified atom stereocenters. The number of nitrogens with zero attached hydrogens (tertiary/aromatic N) is 2. The maximum Gasteiger partial charge on any atom is 0.123 e. The van der Waals surface area contributed by atoms with Crippen molar-refractivity contribution >= 4 is 0 Å². The molecule has 0 amide bonds. The van der Waals surface area contributed by atoms with Gasteiger partial charge < -0.3 is 4.57 Å². The van der Waals surface area contributed by atoms with Crippen molar-refractivity contribution in [3.05, 3.63) is 41.6 Å². The molecule has 0 N–H and O–H groups in total. The second-order valence-corrected chi connectivity index (χ2v) is 4.58. The summed E-state index contributed by atoms with van der Waals surface area (Å²) in [7, 11) is 0. The first kappa shape index (κ1) is 10.5. The van der Waals surface area contributed by atoms with E-state index in [1.807, 2.05) is 19.1 Å². The van der Waals surface area contributed by atoms with Crippen LogP contribution in [0, 0.1) is 12.7 Å². The van der Waals surface area contributed by atoms with Crippen molar-refractivity contribution in [2.45, 2.75) is 32.7 Å². The predicted molar refractivity (Wildman–Crippen MR) is 65.3 cm³/mol. The van der Waals surface area contributed by atoms with E-state index >= 15 is 0 Å². The molecule has 0 atom stereocenters. The van der Waals surface area contributed by atoms with Crippen LogP contribution in [-0.4, -0.2) is 9.55 Å². The first-order chi connectivity index (χ1) is 8.25. The smallest absolute Gasteiger partial charge is 0.123 e. The van der Waals surface area contributed by atoms with Crippen LogP contribution in [0.3, 0.4) is 0 Å². The lowest BCUT2D eigenvalue weighted by molar-refractivity contribution is 0.526. The number of hydrogen-bond acceptors (Lipinski definition) is 1. The van der Waals surface area contributed by atoms with Gasteiger partial charge in [-0.05, 0) is 44.0 Å². The normalized spacial score (nSPS) is 14.7. The molecule has 1 aromatic heterocycles. The van der Waals surface area contributed by atoms with Gasteiger partial charge in [0.25, 0.3) is 0 Å². The van der Waals surface area contributed by atoms with Crippen LogP contribution >= 0.6 is 0 Å². The second-order valence-electron chi connectivity index (χ2n) is 4.58. The summed E-state index contributed by atoms with van der Waals surface area (Å²) in [6.07, 6.45) is 3.48. The van der Waals surface area contributed by atoms with Gasteiger partial charge in [0, 0.05) is 18.5 Å². The highest BCUT2D eigenvalue weighted by atomic mass is 19.1. The van der Waals surface area contributed by atoms with Gasteiger partial charge in [0.2, 0.25) is 0 Å². The minimum absolute atomic E-state index is 0.190. The summed E-state index contributed by atoms with van der Waals surface area (Å²) in [6.45, 7) is 3.06. The molecule has 2 heterocycles. The summed E-state index contributed by atoms with van der Waals surface area (Å²) in [6, 6.07) is 6.69. The summed E-state index contributed by atoms with van der Waals surface area (Å²) in [5.41, 5.74) is 3.26. The molecule has 0 radical (unpaired) electrons. The van der Waals surface area contributed by atoms with Crippen LogP contribution < -0.4 is 0 Å². The monoisotopic (exact) mass is 230 g/mol. The van der Waals surface area contributed by atoms with Gasteiger partial charge in [-0.15, -0.1) is 0 Å². The van der Waals surface area contributed by atoms with E-state index in [0.29, 0.717) is 0 Å². The third-order valence-electron chi connectivity index (χ3n) is 3.37. The average Bonchev–Trinajstić information content (AvgIpc) is 2.66. The number of aryl methyl sites for hydroxylation is 2. The van der Waals surface area contributed by atoms with Gasteiger partial charge in [0.1, 0.15) is 11.6 Å². The molecule has 17 heavy (non-hydrogen) atoms.